The molecule has 0 aromatic heterocycles. The molecule has 0 N–H and O–H groups in total. The molecule has 0 heterocycles. The third-order valence-corrected chi connectivity index (χ3v) is 9.74. The predicted octanol–water partition coefficient (Wildman–Crippen LogP) is 17.7. The van der Waals surface area contributed by atoms with Gasteiger partial charge in [-0.15, -0.1) is 0 Å². The molecule has 0 fully saturated rings. The van der Waals surface area contributed by atoms with Crippen LogP contribution in [0.25, 0.3) is 0 Å². The van der Waals surface area contributed by atoms with Crippen molar-refractivity contribution in [1.29, 1.82) is 0 Å². The molecule has 0 radical (unpaired) electrons. The maximum Gasteiger partial charge on any atom is 0.306 e. The monoisotopic (exact) mass is 905 g/mol. The average molecular weight is 905 g/mol. The van der Waals surface area contributed by atoms with Crippen molar-refractivity contribution in [2.75, 3.05) is 19.8 Å². The smallest absolute Gasteiger partial charge is 0.306 e. The number of rotatable bonds is 44. The summed E-state index contributed by atoms with van der Waals surface area (Å²) >= 11 is 0. The summed E-state index contributed by atoms with van der Waals surface area (Å²) in [6, 6.07) is 0. The van der Waals surface area contributed by atoms with E-state index < -0.39 is 6.10 Å². The van der Waals surface area contributed by atoms with E-state index >= 15 is 0 Å². The lowest BCUT2D eigenvalue weighted by atomic mass is 10.1. The number of unbranched alkanes of at least 4 members (excludes halogenated alkanes) is 5. The van der Waals surface area contributed by atoms with Crippen LogP contribution in [0.3, 0.4) is 0 Å². The standard InChI is InChI=1S/C61H92O5/c1-4-7-10-13-16-19-22-25-27-29-30-31-33-35-38-41-44-47-50-53-56-64-57-59(66-61(63)55-52-49-46-43-40-36-24-21-18-15-12-9-6-3)58-65-60(62)54-51-48-45-42-39-37-34-32-28-26-23-20-17-14-11-8-5-2/h7-12,16-21,25-28,30-31,34-38,40,44,46-47,49,59H,4-6,13-15,22-24,29,32-33,39,41-43,45,48,50-58H2,1-3H3/b10-7-,11-8-,12-9-,19-16-,20-17-,21-18-,27-25-,28-26-,31-30-,37-34-,38-35-,40-36-,47-44-,49-46-. The third-order valence-electron chi connectivity index (χ3n) is 9.74. The van der Waals surface area contributed by atoms with Gasteiger partial charge in [0.15, 0.2) is 6.10 Å². The lowest BCUT2D eigenvalue weighted by Gasteiger charge is -2.18. The molecule has 5 nitrogen and oxygen atoms in total. The van der Waals surface area contributed by atoms with E-state index in [0.717, 1.165) is 135 Å². The highest BCUT2D eigenvalue weighted by molar-refractivity contribution is 5.70. The molecule has 0 rings (SSSR count). The molecule has 0 aliphatic rings. The summed E-state index contributed by atoms with van der Waals surface area (Å²) in [5.74, 6) is -0.569. The zero-order valence-corrected chi connectivity index (χ0v) is 41.9. The van der Waals surface area contributed by atoms with Gasteiger partial charge in [-0.2, -0.15) is 0 Å². The van der Waals surface area contributed by atoms with E-state index in [9.17, 15) is 9.59 Å². The largest absolute Gasteiger partial charge is 0.462 e. The van der Waals surface area contributed by atoms with Gasteiger partial charge in [0.05, 0.1) is 6.61 Å². The van der Waals surface area contributed by atoms with Crippen LogP contribution in [0.1, 0.15) is 175 Å². The highest BCUT2D eigenvalue weighted by Gasteiger charge is 2.17. The zero-order chi connectivity index (χ0) is 47.7. The van der Waals surface area contributed by atoms with Crippen LogP contribution in [-0.4, -0.2) is 37.9 Å². The topological polar surface area (TPSA) is 61.8 Å². The number of esters is 2. The second kappa shape index (κ2) is 54.6. The Morgan fingerprint density at radius 1 is 0.333 bits per heavy atom. The first-order valence-electron chi connectivity index (χ1n) is 25.7. The fraction of sp³-hybridized carbons (Fsp3) is 0.508. The molecule has 1 unspecified atom stereocenters. The second-order valence-electron chi connectivity index (χ2n) is 15.9. The Hall–Kier alpha value is -4.74. The average Bonchev–Trinajstić information content (AvgIpc) is 3.32. The molecule has 0 saturated carbocycles. The number of carbonyl (C=O) groups is 2. The van der Waals surface area contributed by atoms with E-state index in [1.54, 1.807) is 0 Å². The molecule has 366 valence electrons. The van der Waals surface area contributed by atoms with E-state index in [-0.39, 0.29) is 31.6 Å². The Bertz CT molecular complexity index is 1540. The lowest BCUT2D eigenvalue weighted by Crippen LogP contribution is -2.30. The van der Waals surface area contributed by atoms with Crippen molar-refractivity contribution in [1.82, 2.24) is 0 Å². The maximum atomic E-state index is 12.8. The minimum Gasteiger partial charge on any atom is -0.462 e. The molecule has 0 spiro atoms. The number of allylic oxidation sites excluding steroid dienone is 28. The predicted molar refractivity (Wildman–Crippen MR) is 287 cm³/mol. The van der Waals surface area contributed by atoms with E-state index in [4.69, 9.17) is 14.2 Å². The zero-order valence-electron chi connectivity index (χ0n) is 41.9. The quantitative estimate of drug-likeness (QED) is 0.0346. The molecule has 66 heavy (non-hydrogen) atoms. The molecule has 0 amide bonds. The van der Waals surface area contributed by atoms with Crippen molar-refractivity contribution in [2.24, 2.45) is 0 Å². The molecule has 1 atom stereocenters. The summed E-state index contributed by atoms with van der Waals surface area (Å²) in [7, 11) is 0. The van der Waals surface area contributed by atoms with E-state index in [0.29, 0.717) is 19.4 Å². The Morgan fingerprint density at radius 3 is 1.06 bits per heavy atom. The summed E-state index contributed by atoms with van der Waals surface area (Å²) in [5, 5.41) is 0. The maximum absolute atomic E-state index is 12.8. The van der Waals surface area contributed by atoms with Gasteiger partial charge in [-0.3, -0.25) is 9.59 Å². The number of hydrogen-bond donors (Lipinski definition) is 0. The first kappa shape index (κ1) is 61.3. The fourth-order valence-electron chi connectivity index (χ4n) is 6.06. The van der Waals surface area contributed by atoms with E-state index in [2.05, 4.69) is 185 Å². The molecule has 0 aromatic carbocycles. The molecule has 0 aliphatic heterocycles. The lowest BCUT2D eigenvalue weighted by molar-refractivity contribution is -0.162. The van der Waals surface area contributed by atoms with Crippen LogP contribution in [0, 0.1) is 0 Å². The normalized spacial score (nSPS) is 13.7. The van der Waals surface area contributed by atoms with E-state index in [1.165, 1.54) is 0 Å². The number of ether oxygens (including phenoxy) is 3. The van der Waals surface area contributed by atoms with Crippen molar-refractivity contribution in [3.8, 4) is 0 Å². The first-order chi connectivity index (χ1) is 32.6. The van der Waals surface area contributed by atoms with Crippen LogP contribution in [0.2, 0.25) is 0 Å². The first-order valence-corrected chi connectivity index (χ1v) is 25.7. The van der Waals surface area contributed by atoms with Gasteiger partial charge < -0.3 is 14.2 Å². The Labute approximate surface area is 405 Å². The van der Waals surface area contributed by atoms with Gasteiger partial charge >= 0.3 is 11.9 Å². The van der Waals surface area contributed by atoms with Gasteiger partial charge in [0.1, 0.15) is 6.61 Å². The highest BCUT2D eigenvalue weighted by atomic mass is 16.6. The van der Waals surface area contributed by atoms with Gasteiger partial charge in [0.2, 0.25) is 0 Å². The molecule has 0 aromatic rings. The van der Waals surface area contributed by atoms with Gasteiger partial charge in [0, 0.05) is 19.4 Å². The molecule has 5 heteroatoms. The third kappa shape index (κ3) is 51.9. The van der Waals surface area contributed by atoms with Gasteiger partial charge in [-0.05, 0) is 128 Å². The Kier molecular flexibility index (Phi) is 50.7. The summed E-state index contributed by atoms with van der Waals surface area (Å²) in [6.07, 6.45) is 82.5. The van der Waals surface area contributed by atoms with Crippen LogP contribution in [-0.2, 0) is 23.8 Å². The number of hydrogen-bond acceptors (Lipinski definition) is 5. The van der Waals surface area contributed by atoms with Crippen molar-refractivity contribution in [3.63, 3.8) is 0 Å². The van der Waals surface area contributed by atoms with Crippen molar-refractivity contribution >= 4 is 11.9 Å². The summed E-state index contributed by atoms with van der Waals surface area (Å²) in [5.41, 5.74) is 0. The van der Waals surface area contributed by atoms with Gasteiger partial charge in [0.25, 0.3) is 0 Å². The molecular weight excluding hydrogens is 813 g/mol. The van der Waals surface area contributed by atoms with Crippen molar-refractivity contribution in [3.05, 3.63) is 170 Å². The molecule has 0 saturated heterocycles. The SMILES string of the molecule is CC/C=C\C/C=C\C/C=C\C/C=C\C/C=C\C/C=C\CCCOCC(COC(=O)CCCCCC/C=C\C/C=C\C/C=C\C/C=C\CC)OC(=O)CC/C=C\C/C=C\C/C=C\C/C=C\CC. The van der Waals surface area contributed by atoms with Crippen LogP contribution in [0.15, 0.2) is 170 Å². The molecular formula is C61H92O5. The minimum absolute atomic E-state index is 0.00747. The summed E-state index contributed by atoms with van der Waals surface area (Å²) < 4.78 is 17.2. The van der Waals surface area contributed by atoms with Crippen molar-refractivity contribution in [2.45, 2.75) is 181 Å². The molecule has 0 aliphatic carbocycles. The van der Waals surface area contributed by atoms with Gasteiger partial charge in [-0.1, -0.05) is 204 Å². The summed E-state index contributed by atoms with van der Waals surface area (Å²) in [6.45, 7) is 7.19. The molecule has 0 bridgehead atoms. The van der Waals surface area contributed by atoms with Crippen LogP contribution in [0.4, 0.5) is 0 Å². The van der Waals surface area contributed by atoms with Crippen LogP contribution < -0.4 is 0 Å². The van der Waals surface area contributed by atoms with Crippen LogP contribution in [0.5, 0.6) is 0 Å². The number of carbonyl (C=O) groups excluding carboxylic acids is 2. The second-order valence-corrected chi connectivity index (χ2v) is 15.9. The fourth-order valence-corrected chi connectivity index (χ4v) is 6.06. The van der Waals surface area contributed by atoms with Crippen LogP contribution >= 0.6 is 0 Å². The summed E-state index contributed by atoms with van der Waals surface area (Å²) in [4.78, 5) is 25.4. The highest BCUT2D eigenvalue weighted by Crippen LogP contribution is 2.09. The Morgan fingerprint density at radius 2 is 0.667 bits per heavy atom. The van der Waals surface area contributed by atoms with Gasteiger partial charge in [-0.25, -0.2) is 0 Å². The Balaban J connectivity index is 4.53. The van der Waals surface area contributed by atoms with E-state index in [1.807, 2.05) is 6.08 Å². The van der Waals surface area contributed by atoms with Crippen molar-refractivity contribution < 1.29 is 23.8 Å². The minimum atomic E-state index is -0.629.